The molecule has 130 valence electrons. The Kier molecular flexibility index (Phi) is 4.49. The molecule has 4 nitrogen and oxygen atoms in total. The third kappa shape index (κ3) is 3.29. The Morgan fingerprint density at radius 2 is 2.12 bits per heavy atom. The number of thiazole rings is 2. The van der Waals surface area contributed by atoms with Gasteiger partial charge in [-0.1, -0.05) is 0 Å². The van der Waals surface area contributed by atoms with Crippen LogP contribution in [0.5, 0.6) is 0 Å². The van der Waals surface area contributed by atoms with Crippen LogP contribution in [0.3, 0.4) is 0 Å². The van der Waals surface area contributed by atoms with Crippen molar-refractivity contribution in [1.82, 2.24) is 19.8 Å². The summed E-state index contributed by atoms with van der Waals surface area (Å²) in [6.07, 6.45) is 5.98. The standard InChI is InChI=1S/C18H26N4S2/c1-13-15(24-14(2)20-13)11-22-7-4-18(5-8-22)10-16(18)21(3)12-17-19-6-9-23-17/h6,9,16H,4-5,7-8,10-12H2,1-3H3/t16-/m1/s1. The number of hydrogen-bond donors (Lipinski definition) is 0. The van der Waals surface area contributed by atoms with Crippen molar-refractivity contribution in [2.45, 2.75) is 52.2 Å². The first-order chi connectivity index (χ1) is 11.6. The number of piperidine rings is 1. The van der Waals surface area contributed by atoms with Crippen LogP contribution in [0.2, 0.25) is 0 Å². The molecule has 3 heterocycles. The van der Waals surface area contributed by atoms with Gasteiger partial charge in [-0.2, -0.15) is 0 Å². The maximum Gasteiger partial charge on any atom is 0.107 e. The van der Waals surface area contributed by atoms with Gasteiger partial charge in [-0.15, -0.1) is 22.7 Å². The smallest absolute Gasteiger partial charge is 0.107 e. The zero-order chi connectivity index (χ0) is 16.7. The normalized spacial score (nSPS) is 23.2. The van der Waals surface area contributed by atoms with Crippen molar-refractivity contribution in [2.75, 3.05) is 20.1 Å². The molecule has 1 saturated carbocycles. The molecule has 0 N–H and O–H groups in total. The molecule has 0 unspecified atom stereocenters. The Labute approximate surface area is 152 Å². The Morgan fingerprint density at radius 3 is 2.75 bits per heavy atom. The fraction of sp³-hybridized carbons (Fsp3) is 0.667. The van der Waals surface area contributed by atoms with Crippen LogP contribution in [-0.2, 0) is 13.1 Å². The summed E-state index contributed by atoms with van der Waals surface area (Å²) in [5.41, 5.74) is 1.81. The molecule has 2 fully saturated rings. The van der Waals surface area contributed by atoms with Crippen LogP contribution in [0.25, 0.3) is 0 Å². The van der Waals surface area contributed by atoms with Gasteiger partial charge >= 0.3 is 0 Å². The fourth-order valence-electron chi connectivity index (χ4n) is 4.22. The fourth-order valence-corrected chi connectivity index (χ4v) is 5.88. The number of likely N-dealkylation sites (tertiary alicyclic amines) is 1. The highest BCUT2D eigenvalue weighted by Gasteiger charge is 2.56. The van der Waals surface area contributed by atoms with E-state index in [1.165, 1.54) is 52.9 Å². The van der Waals surface area contributed by atoms with E-state index in [2.05, 4.69) is 46.0 Å². The molecule has 4 rings (SSSR count). The zero-order valence-corrected chi connectivity index (χ0v) is 16.4. The molecule has 2 aliphatic rings. The second-order valence-corrected chi connectivity index (χ2v) is 9.71. The van der Waals surface area contributed by atoms with E-state index in [0.29, 0.717) is 5.41 Å². The molecule has 2 aromatic rings. The highest BCUT2D eigenvalue weighted by Crippen LogP contribution is 2.56. The van der Waals surface area contributed by atoms with Crippen molar-refractivity contribution in [3.8, 4) is 0 Å². The van der Waals surface area contributed by atoms with Crippen LogP contribution in [0.4, 0.5) is 0 Å². The van der Waals surface area contributed by atoms with Crippen LogP contribution in [-0.4, -0.2) is 45.9 Å². The van der Waals surface area contributed by atoms with Crippen molar-refractivity contribution in [3.63, 3.8) is 0 Å². The van der Waals surface area contributed by atoms with Crippen molar-refractivity contribution < 1.29 is 0 Å². The lowest BCUT2D eigenvalue weighted by atomic mass is 9.92. The van der Waals surface area contributed by atoms with Gasteiger partial charge in [0.1, 0.15) is 5.01 Å². The predicted octanol–water partition coefficient (Wildman–Crippen LogP) is 3.70. The molecule has 0 radical (unpaired) electrons. The number of nitrogens with zero attached hydrogens (tertiary/aromatic N) is 4. The van der Waals surface area contributed by atoms with Crippen LogP contribution in [0, 0.1) is 19.3 Å². The second-order valence-electron chi connectivity index (χ2n) is 7.44. The largest absolute Gasteiger partial charge is 0.298 e. The Balaban J connectivity index is 1.30. The third-order valence-electron chi connectivity index (χ3n) is 5.77. The first kappa shape index (κ1) is 16.6. The minimum Gasteiger partial charge on any atom is -0.298 e. The molecule has 2 aromatic heterocycles. The molecule has 1 atom stereocenters. The molecular formula is C18H26N4S2. The molecule has 0 amide bonds. The molecule has 1 spiro atoms. The van der Waals surface area contributed by atoms with Crippen molar-refractivity contribution >= 4 is 22.7 Å². The summed E-state index contributed by atoms with van der Waals surface area (Å²) in [6.45, 7) is 8.82. The van der Waals surface area contributed by atoms with Crippen LogP contribution in [0.15, 0.2) is 11.6 Å². The average Bonchev–Trinajstić information content (AvgIpc) is 2.86. The van der Waals surface area contributed by atoms with E-state index >= 15 is 0 Å². The van der Waals surface area contributed by atoms with Gasteiger partial charge in [0.15, 0.2) is 0 Å². The summed E-state index contributed by atoms with van der Waals surface area (Å²) in [5, 5.41) is 4.52. The van der Waals surface area contributed by atoms with Crippen molar-refractivity contribution in [3.05, 3.63) is 32.2 Å². The summed E-state index contributed by atoms with van der Waals surface area (Å²) in [7, 11) is 2.27. The first-order valence-electron chi connectivity index (χ1n) is 8.80. The van der Waals surface area contributed by atoms with E-state index in [0.717, 1.165) is 19.1 Å². The Bertz CT molecular complexity index is 686. The number of rotatable bonds is 5. The molecule has 1 aliphatic carbocycles. The van der Waals surface area contributed by atoms with Gasteiger partial charge in [0.05, 0.1) is 17.2 Å². The summed E-state index contributed by atoms with van der Waals surface area (Å²) in [5.74, 6) is 0. The summed E-state index contributed by atoms with van der Waals surface area (Å²) in [4.78, 5) is 15.6. The molecule has 0 aromatic carbocycles. The van der Waals surface area contributed by atoms with Gasteiger partial charge < -0.3 is 0 Å². The maximum atomic E-state index is 4.57. The predicted molar refractivity (Wildman–Crippen MR) is 101 cm³/mol. The Hall–Kier alpha value is -0.820. The Morgan fingerprint density at radius 1 is 1.33 bits per heavy atom. The summed E-state index contributed by atoms with van der Waals surface area (Å²) >= 11 is 3.63. The molecule has 0 bridgehead atoms. The van der Waals surface area contributed by atoms with Crippen molar-refractivity contribution in [1.29, 1.82) is 0 Å². The summed E-state index contributed by atoms with van der Waals surface area (Å²) < 4.78 is 0. The zero-order valence-electron chi connectivity index (χ0n) is 14.8. The van der Waals surface area contributed by atoms with E-state index in [-0.39, 0.29) is 0 Å². The highest BCUT2D eigenvalue weighted by atomic mass is 32.1. The molecular weight excluding hydrogens is 336 g/mol. The van der Waals surface area contributed by atoms with E-state index in [4.69, 9.17) is 0 Å². The van der Waals surface area contributed by atoms with Gasteiger partial charge in [-0.25, -0.2) is 9.97 Å². The van der Waals surface area contributed by atoms with Crippen LogP contribution < -0.4 is 0 Å². The van der Waals surface area contributed by atoms with Gasteiger partial charge in [0.2, 0.25) is 0 Å². The lowest BCUT2D eigenvalue weighted by molar-refractivity contribution is 0.140. The molecule has 1 saturated heterocycles. The first-order valence-corrected chi connectivity index (χ1v) is 10.5. The van der Waals surface area contributed by atoms with E-state index in [9.17, 15) is 0 Å². The number of aromatic nitrogens is 2. The van der Waals surface area contributed by atoms with Gasteiger partial charge in [-0.3, -0.25) is 9.80 Å². The van der Waals surface area contributed by atoms with Crippen molar-refractivity contribution in [2.24, 2.45) is 5.41 Å². The van der Waals surface area contributed by atoms with Crippen LogP contribution >= 0.6 is 22.7 Å². The second kappa shape index (κ2) is 6.48. The van der Waals surface area contributed by atoms with Gasteiger partial charge in [0.25, 0.3) is 0 Å². The van der Waals surface area contributed by atoms with Crippen LogP contribution in [0.1, 0.15) is 39.8 Å². The molecule has 24 heavy (non-hydrogen) atoms. The van der Waals surface area contributed by atoms with Gasteiger partial charge in [-0.05, 0) is 58.7 Å². The minimum absolute atomic E-state index is 0.584. The monoisotopic (exact) mass is 362 g/mol. The average molecular weight is 363 g/mol. The van der Waals surface area contributed by atoms with E-state index in [1.54, 1.807) is 11.3 Å². The maximum absolute atomic E-state index is 4.57. The molecule has 6 heteroatoms. The SMILES string of the molecule is Cc1nc(C)c(CN2CCC3(CC2)C[C@H]3N(C)Cc2nccs2)s1. The highest BCUT2D eigenvalue weighted by molar-refractivity contribution is 7.11. The topological polar surface area (TPSA) is 32.3 Å². The number of aryl methyl sites for hydroxylation is 2. The molecule has 1 aliphatic heterocycles. The third-order valence-corrected chi connectivity index (χ3v) is 7.59. The minimum atomic E-state index is 0.584. The van der Waals surface area contributed by atoms with E-state index < -0.39 is 0 Å². The quantitative estimate of drug-likeness (QED) is 0.812. The van der Waals surface area contributed by atoms with E-state index in [1.807, 2.05) is 17.5 Å². The lowest BCUT2D eigenvalue weighted by Crippen LogP contribution is -2.37. The van der Waals surface area contributed by atoms with Gasteiger partial charge in [0, 0.05) is 29.0 Å². The number of hydrogen-bond acceptors (Lipinski definition) is 6. The summed E-state index contributed by atoms with van der Waals surface area (Å²) in [6, 6.07) is 0.760. The lowest BCUT2D eigenvalue weighted by Gasteiger charge is -2.33.